The molecule has 3 rings (SSSR count). The van der Waals surface area contributed by atoms with Gasteiger partial charge in [-0.25, -0.2) is 4.79 Å². The Balaban J connectivity index is 1.77. The molecule has 5 heteroatoms. The highest BCUT2D eigenvalue weighted by Gasteiger charge is 2.24. The Morgan fingerprint density at radius 3 is 2.56 bits per heavy atom. The van der Waals surface area contributed by atoms with Crippen LogP contribution in [0, 0.1) is 0 Å². The SMILES string of the molecule is COc1cccc(CNC(=O)N(C)C(c2ccccc2)c2ccccn2)c1. The minimum Gasteiger partial charge on any atom is -0.497 e. The van der Waals surface area contributed by atoms with E-state index in [0.717, 1.165) is 22.6 Å². The second-order valence-corrected chi connectivity index (χ2v) is 6.19. The number of urea groups is 1. The number of benzene rings is 2. The number of carbonyl (C=O) groups is 1. The molecule has 1 N–H and O–H groups in total. The van der Waals surface area contributed by atoms with Crippen molar-refractivity contribution in [3.63, 3.8) is 0 Å². The summed E-state index contributed by atoms with van der Waals surface area (Å²) in [5.74, 6) is 0.769. The molecule has 1 unspecified atom stereocenters. The van der Waals surface area contributed by atoms with Gasteiger partial charge in [-0.3, -0.25) is 4.98 Å². The van der Waals surface area contributed by atoms with Crippen molar-refractivity contribution in [2.45, 2.75) is 12.6 Å². The van der Waals surface area contributed by atoms with Crippen LogP contribution in [0.4, 0.5) is 4.79 Å². The lowest BCUT2D eigenvalue weighted by molar-refractivity contribution is 0.197. The first-order valence-corrected chi connectivity index (χ1v) is 8.78. The predicted octanol–water partition coefficient (Wildman–Crippen LogP) is 4.02. The predicted molar refractivity (Wildman–Crippen MR) is 106 cm³/mol. The summed E-state index contributed by atoms with van der Waals surface area (Å²) in [5, 5.41) is 2.97. The first-order valence-electron chi connectivity index (χ1n) is 8.78. The Labute approximate surface area is 159 Å². The summed E-state index contributed by atoms with van der Waals surface area (Å²) in [4.78, 5) is 19.0. The maximum atomic E-state index is 12.8. The topological polar surface area (TPSA) is 54.5 Å². The highest BCUT2D eigenvalue weighted by atomic mass is 16.5. The van der Waals surface area contributed by atoms with Crippen LogP contribution in [0.25, 0.3) is 0 Å². The van der Waals surface area contributed by atoms with Gasteiger partial charge in [0, 0.05) is 19.8 Å². The molecular formula is C22H23N3O2. The molecule has 0 radical (unpaired) electrons. The van der Waals surface area contributed by atoms with Gasteiger partial charge in [0.15, 0.2) is 0 Å². The minimum atomic E-state index is -0.266. The number of amides is 2. The molecule has 0 saturated heterocycles. The van der Waals surface area contributed by atoms with Crippen LogP contribution in [-0.4, -0.2) is 30.1 Å². The average molecular weight is 361 g/mol. The molecule has 1 atom stereocenters. The van der Waals surface area contributed by atoms with E-state index in [0.29, 0.717) is 6.54 Å². The Hall–Kier alpha value is -3.34. The van der Waals surface area contributed by atoms with Gasteiger partial charge in [-0.15, -0.1) is 0 Å². The average Bonchev–Trinajstić information content (AvgIpc) is 2.74. The lowest BCUT2D eigenvalue weighted by Crippen LogP contribution is -2.40. The lowest BCUT2D eigenvalue weighted by Gasteiger charge is -2.28. The molecule has 0 spiro atoms. The van der Waals surface area contributed by atoms with E-state index in [4.69, 9.17) is 4.74 Å². The van der Waals surface area contributed by atoms with E-state index in [1.807, 2.05) is 72.8 Å². The number of aromatic nitrogens is 1. The van der Waals surface area contributed by atoms with Gasteiger partial charge in [0.2, 0.25) is 0 Å². The molecule has 2 amide bonds. The third kappa shape index (κ3) is 4.64. The molecule has 27 heavy (non-hydrogen) atoms. The van der Waals surface area contributed by atoms with Gasteiger partial charge in [-0.1, -0.05) is 48.5 Å². The number of nitrogens with zero attached hydrogens (tertiary/aromatic N) is 2. The molecule has 0 aliphatic rings. The quantitative estimate of drug-likeness (QED) is 0.721. The molecule has 5 nitrogen and oxygen atoms in total. The van der Waals surface area contributed by atoms with Crippen molar-refractivity contribution in [2.24, 2.45) is 0 Å². The van der Waals surface area contributed by atoms with Gasteiger partial charge in [-0.2, -0.15) is 0 Å². The first-order chi connectivity index (χ1) is 13.2. The molecule has 0 fully saturated rings. The van der Waals surface area contributed by atoms with Crippen molar-refractivity contribution in [3.8, 4) is 5.75 Å². The summed E-state index contributed by atoms with van der Waals surface area (Å²) in [7, 11) is 3.41. The van der Waals surface area contributed by atoms with E-state index >= 15 is 0 Å². The third-order valence-corrected chi connectivity index (χ3v) is 4.37. The van der Waals surface area contributed by atoms with Crippen molar-refractivity contribution in [3.05, 3.63) is 95.8 Å². The maximum absolute atomic E-state index is 12.8. The highest BCUT2D eigenvalue weighted by molar-refractivity contribution is 5.75. The van der Waals surface area contributed by atoms with Gasteiger partial charge < -0.3 is 15.0 Å². The van der Waals surface area contributed by atoms with E-state index in [-0.39, 0.29) is 12.1 Å². The molecule has 0 aliphatic heterocycles. The fourth-order valence-corrected chi connectivity index (χ4v) is 2.97. The van der Waals surface area contributed by atoms with E-state index < -0.39 is 0 Å². The van der Waals surface area contributed by atoms with Crippen LogP contribution >= 0.6 is 0 Å². The van der Waals surface area contributed by atoms with E-state index in [1.54, 1.807) is 25.3 Å². The van der Waals surface area contributed by atoms with Gasteiger partial charge >= 0.3 is 6.03 Å². The fraction of sp³-hybridized carbons (Fsp3) is 0.182. The lowest BCUT2D eigenvalue weighted by atomic mass is 10.0. The van der Waals surface area contributed by atoms with Gasteiger partial charge in [0.1, 0.15) is 11.8 Å². The number of rotatable bonds is 6. The first kappa shape index (κ1) is 18.5. The number of hydrogen-bond acceptors (Lipinski definition) is 3. The summed E-state index contributed by atoms with van der Waals surface area (Å²) in [5.41, 5.74) is 2.81. The summed E-state index contributed by atoms with van der Waals surface area (Å²) < 4.78 is 5.23. The molecule has 0 bridgehead atoms. The second kappa shape index (κ2) is 8.85. The largest absolute Gasteiger partial charge is 0.497 e. The number of nitrogens with one attached hydrogen (secondary N) is 1. The van der Waals surface area contributed by atoms with E-state index in [1.165, 1.54) is 0 Å². The van der Waals surface area contributed by atoms with Crippen LogP contribution in [-0.2, 0) is 6.54 Å². The molecule has 0 saturated carbocycles. The van der Waals surface area contributed by atoms with E-state index in [9.17, 15) is 4.79 Å². The summed E-state index contributed by atoms with van der Waals surface area (Å²) in [6, 6.07) is 22.9. The molecular weight excluding hydrogens is 338 g/mol. The van der Waals surface area contributed by atoms with Crippen molar-refractivity contribution in [1.29, 1.82) is 0 Å². The highest BCUT2D eigenvalue weighted by Crippen LogP contribution is 2.26. The molecule has 2 aromatic carbocycles. The monoisotopic (exact) mass is 361 g/mol. The summed E-state index contributed by atoms with van der Waals surface area (Å²) in [6.07, 6.45) is 1.74. The van der Waals surface area contributed by atoms with Crippen LogP contribution < -0.4 is 10.1 Å². The smallest absolute Gasteiger partial charge is 0.318 e. The van der Waals surface area contributed by atoms with Crippen molar-refractivity contribution in [1.82, 2.24) is 15.2 Å². The number of ether oxygens (including phenoxy) is 1. The van der Waals surface area contributed by atoms with Crippen molar-refractivity contribution < 1.29 is 9.53 Å². The van der Waals surface area contributed by atoms with Crippen molar-refractivity contribution in [2.75, 3.05) is 14.2 Å². The standard InChI is InChI=1S/C22H23N3O2/c1-25(22(26)24-16-17-9-8-12-19(15-17)27-2)21(18-10-4-3-5-11-18)20-13-6-7-14-23-20/h3-15,21H,16H2,1-2H3,(H,24,26). The summed E-state index contributed by atoms with van der Waals surface area (Å²) in [6.45, 7) is 0.421. The van der Waals surface area contributed by atoms with Crippen LogP contribution in [0.1, 0.15) is 22.9 Å². The van der Waals surface area contributed by atoms with E-state index in [2.05, 4.69) is 10.3 Å². The van der Waals surface area contributed by atoms with Crippen LogP contribution in [0.3, 0.4) is 0 Å². The van der Waals surface area contributed by atoms with Crippen LogP contribution in [0.15, 0.2) is 79.0 Å². The third-order valence-electron chi connectivity index (χ3n) is 4.37. The molecule has 3 aromatic rings. The maximum Gasteiger partial charge on any atom is 0.318 e. The Morgan fingerprint density at radius 2 is 1.85 bits per heavy atom. The fourth-order valence-electron chi connectivity index (χ4n) is 2.97. The normalized spacial score (nSPS) is 11.5. The van der Waals surface area contributed by atoms with Gasteiger partial charge in [0.05, 0.1) is 12.8 Å². The number of methoxy groups -OCH3 is 1. The van der Waals surface area contributed by atoms with Gasteiger partial charge in [-0.05, 0) is 35.4 Å². The number of pyridine rings is 1. The van der Waals surface area contributed by atoms with Crippen molar-refractivity contribution >= 4 is 6.03 Å². The van der Waals surface area contributed by atoms with Crippen LogP contribution in [0.2, 0.25) is 0 Å². The molecule has 0 aliphatic carbocycles. The molecule has 138 valence electrons. The number of hydrogen-bond donors (Lipinski definition) is 1. The Kier molecular flexibility index (Phi) is 6.05. The molecule has 1 heterocycles. The molecule has 1 aromatic heterocycles. The zero-order valence-corrected chi connectivity index (χ0v) is 15.5. The zero-order chi connectivity index (χ0) is 19.1. The van der Waals surface area contributed by atoms with Gasteiger partial charge in [0.25, 0.3) is 0 Å². The Morgan fingerprint density at radius 1 is 1.07 bits per heavy atom. The minimum absolute atomic E-state index is 0.169. The number of carbonyl (C=O) groups excluding carboxylic acids is 1. The Bertz CT molecular complexity index is 829. The van der Waals surface area contributed by atoms with Crippen LogP contribution in [0.5, 0.6) is 5.75 Å². The summed E-state index contributed by atoms with van der Waals surface area (Å²) >= 11 is 0. The second-order valence-electron chi connectivity index (χ2n) is 6.19. The zero-order valence-electron chi connectivity index (χ0n) is 15.5.